The highest BCUT2D eigenvalue weighted by Gasteiger charge is 2.10. The molecule has 0 aromatic heterocycles. The number of carbonyl (C=O) groups excluding carboxylic acids is 1. The van der Waals surface area contributed by atoms with Crippen LogP contribution in [0.25, 0.3) is 0 Å². The van der Waals surface area contributed by atoms with Crippen LogP contribution >= 0.6 is 0 Å². The van der Waals surface area contributed by atoms with E-state index < -0.39 is 17.5 Å². The average Bonchev–Trinajstić information content (AvgIpc) is 2.21. The second-order valence-corrected chi connectivity index (χ2v) is 2.73. The number of benzene rings is 1. The van der Waals surface area contributed by atoms with Crippen LogP contribution in [0.5, 0.6) is 0 Å². The van der Waals surface area contributed by atoms with Crippen LogP contribution in [-0.4, -0.2) is 5.91 Å². The van der Waals surface area contributed by atoms with Gasteiger partial charge in [-0.25, -0.2) is 8.78 Å². The summed E-state index contributed by atoms with van der Waals surface area (Å²) < 4.78 is 26.1. The molecule has 0 saturated carbocycles. The molecule has 78 valence electrons. The molecule has 15 heavy (non-hydrogen) atoms. The summed E-state index contributed by atoms with van der Waals surface area (Å²) in [5.74, 6) is -0.702. The minimum atomic E-state index is -0.895. The summed E-state index contributed by atoms with van der Waals surface area (Å²) in [7, 11) is 0. The molecule has 0 aliphatic carbocycles. The van der Waals surface area contributed by atoms with Crippen molar-refractivity contribution < 1.29 is 13.6 Å². The van der Waals surface area contributed by atoms with E-state index >= 15 is 0 Å². The highest BCUT2D eigenvalue weighted by molar-refractivity contribution is 6.03. The summed E-state index contributed by atoms with van der Waals surface area (Å²) >= 11 is 0. The molecule has 0 fully saturated rings. The van der Waals surface area contributed by atoms with E-state index in [1.165, 1.54) is 0 Å². The number of rotatable bonds is 2. The second kappa shape index (κ2) is 4.53. The maximum Gasteiger partial charge on any atom is 0.300 e. The van der Waals surface area contributed by atoms with Crippen molar-refractivity contribution in [3.8, 4) is 12.3 Å². The molecule has 3 N–H and O–H groups in total. The van der Waals surface area contributed by atoms with Crippen LogP contribution in [0.1, 0.15) is 5.56 Å². The standard InChI is InChI=1S/C10H8F2N2O/c1-2-10(15)14-9-3-6(5-13)7(11)4-8(9)12/h1,3-4H,5,13H2,(H,14,15). The van der Waals surface area contributed by atoms with Gasteiger partial charge in [-0.05, 0) is 12.0 Å². The van der Waals surface area contributed by atoms with Gasteiger partial charge in [-0.2, -0.15) is 0 Å². The van der Waals surface area contributed by atoms with Gasteiger partial charge < -0.3 is 11.1 Å². The monoisotopic (exact) mass is 210 g/mol. The molecule has 3 nitrogen and oxygen atoms in total. The van der Waals surface area contributed by atoms with Gasteiger partial charge in [0.05, 0.1) is 5.69 Å². The fourth-order valence-corrected chi connectivity index (χ4v) is 1.00. The molecule has 0 radical (unpaired) electrons. The predicted octanol–water partition coefficient (Wildman–Crippen LogP) is 0.995. The molecule has 1 amide bonds. The van der Waals surface area contributed by atoms with Crippen LogP contribution < -0.4 is 11.1 Å². The van der Waals surface area contributed by atoms with Crippen LogP contribution in [0.15, 0.2) is 12.1 Å². The predicted molar refractivity (Wildman–Crippen MR) is 51.7 cm³/mol. The number of hydrogen-bond donors (Lipinski definition) is 2. The Labute approximate surface area is 85.3 Å². The van der Waals surface area contributed by atoms with Gasteiger partial charge in [0.2, 0.25) is 0 Å². The molecule has 0 aliphatic heterocycles. The maximum atomic E-state index is 13.1. The smallest absolute Gasteiger partial charge is 0.300 e. The summed E-state index contributed by atoms with van der Waals surface area (Å²) in [6.07, 6.45) is 4.79. The Morgan fingerprint density at radius 2 is 2.13 bits per heavy atom. The van der Waals surface area contributed by atoms with E-state index in [0.29, 0.717) is 6.07 Å². The summed E-state index contributed by atoms with van der Waals surface area (Å²) in [4.78, 5) is 10.8. The van der Waals surface area contributed by atoms with Crippen LogP contribution in [0.2, 0.25) is 0 Å². The van der Waals surface area contributed by atoms with Crippen LogP contribution in [0.4, 0.5) is 14.5 Å². The molecule has 0 heterocycles. The summed E-state index contributed by atoms with van der Waals surface area (Å²) in [5.41, 5.74) is 5.14. The van der Waals surface area contributed by atoms with Gasteiger partial charge in [-0.3, -0.25) is 4.79 Å². The molecule has 1 rings (SSSR count). The van der Waals surface area contributed by atoms with Crippen molar-refractivity contribution in [1.29, 1.82) is 0 Å². The third kappa shape index (κ3) is 2.51. The Hall–Kier alpha value is -1.93. The van der Waals surface area contributed by atoms with Crippen molar-refractivity contribution in [2.45, 2.75) is 6.54 Å². The van der Waals surface area contributed by atoms with Crippen LogP contribution in [0, 0.1) is 24.0 Å². The summed E-state index contributed by atoms with van der Waals surface area (Å²) in [6.45, 7) is -0.0922. The lowest BCUT2D eigenvalue weighted by Crippen LogP contribution is -2.11. The summed E-state index contributed by atoms with van der Waals surface area (Å²) in [5, 5.41) is 2.09. The number of carbonyl (C=O) groups is 1. The summed E-state index contributed by atoms with van der Waals surface area (Å²) in [6, 6.07) is 1.76. The molecule has 0 atom stereocenters. The van der Waals surface area contributed by atoms with E-state index in [4.69, 9.17) is 12.2 Å². The van der Waals surface area contributed by atoms with E-state index in [9.17, 15) is 13.6 Å². The molecule has 1 aromatic rings. The molecule has 0 spiro atoms. The Bertz CT molecular complexity index is 438. The van der Waals surface area contributed by atoms with E-state index in [1.807, 2.05) is 0 Å². The van der Waals surface area contributed by atoms with Gasteiger partial charge in [-0.1, -0.05) is 0 Å². The first-order chi connectivity index (χ1) is 7.08. The van der Waals surface area contributed by atoms with Crippen molar-refractivity contribution in [3.63, 3.8) is 0 Å². The molecule has 0 saturated heterocycles. The second-order valence-electron chi connectivity index (χ2n) is 2.73. The van der Waals surface area contributed by atoms with Gasteiger partial charge in [0, 0.05) is 18.2 Å². The van der Waals surface area contributed by atoms with Crippen molar-refractivity contribution in [3.05, 3.63) is 29.3 Å². The molecular weight excluding hydrogens is 202 g/mol. The van der Waals surface area contributed by atoms with E-state index in [2.05, 4.69) is 5.32 Å². The SMILES string of the molecule is C#CC(=O)Nc1cc(CN)c(F)cc1F. The minimum absolute atomic E-state index is 0.0922. The van der Waals surface area contributed by atoms with E-state index in [1.54, 1.807) is 5.92 Å². The molecule has 5 heteroatoms. The number of nitrogens with two attached hydrogens (primary N) is 1. The largest absolute Gasteiger partial charge is 0.326 e. The number of hydrogen-bond acceptors (Lipinski definition) is 2. The Kier molecular flexibility index (Phi) is 3.37. The average molecular weight is 210 g/mol. The fraction of sp³-hybridized carbons (Fsp3) is 0.100. The Morgan fingerprint density at radius 3 is 2.67 bits per heavy atom. The topological polar surface area (TPSA) is 55.1 Å². The Balaban J connectivity index is 3.09. The number of halogens is 2. The molecule has 0 aliphatic rings. The highest BCUT2D eigenvalue weighted by Crippen LogP contribution is 2.19. The zero-order chi connectivity index (χ0) is 11.4. The zero-order valence-electron chi connectivity index (χ0n) is 7.68. The maximum absolute atomic E-state index is 13.1. The molecule has 1 aromatic carbocycles. The van der Waals surface area contributed by atoms with Crippen LogP contribution in [-0.2, 0) is 11.3 Å². The van der Waals surface area contributed by atoms with Gasteiger partial charge in [0.15, 0.2) is 0 Å². The van der Waals surface area contributed by atoms with Gasteiger partial charge >= 0.3 is 0 Å². The van der Waals surface area contributed by atoms with Gasteiger partial charge in [0.25, 0.3) is 5.91 Å². The number of amides is 1. The van der Waals surface area contributed by atoms with E-state index in [-0.39, 0.29) is 17.8 Å². The lowest BCUT2D eigenvalue weighted by atomic mass is 10.2. The number of nitrogens with one attached hydrogen (secondary N) is 1. The van der Waals surface area contributed by atoms with Crippen molar-refractivity contribution in [2.24, 2.45) is 5.73 Å². The molecule has 0 unspecified atom stereocenters. The van der Waals surface area contributed by atoms with E-state index in [0.717, 1.165) is 6.07 Å². The molecular formula is C10H8F2N2O. The molecule has 0 bridgehead atoms. The normalized spacial score (nSPS) is 9.47. The number of anilines is 1. The van der Waals surface area contributed by atoms with Gasteiger partial charge in [0.1, 0.15) is 11.6 Å². The number of terminal acetylenes is 1. The fourth-order valence-electron chi connectivity index (χ4n) is 1.00. The van der Waals surface area contributed by atoms with Crippen molar-refractivity contribution in [1.82, 2.24) is 0 Å². The highest BCUT2D eigenvalue weighted by atomic mass is 19.1. The first-order valence-electron chi connectivity index (χ1n) is 4.04. The van der Waals surface area contributed by atoms with Crippen LogP contribution in [0.3, 0.4) is 0 Å². The lowest BCUT2D eigenvalue weighted by Gasteiger charge is -2.06. The van der Waals surface area contributed by atoms with Crippen molar-refractivity contribution >= 4 is 11.6 Å². The zero-order valence-corrected chi connectivity index (χ0v) is 7.68. The minimum Gasteiger partial charge on any atom is -0.326 e. The first-order valence-corrected chi connectivity index (χ1v) is 4.04. The third-order valence-electron chi connectivity index (χ3n) is 1.74. The Morgan fingerprint density at radius 1 is 1.47 bits per heavy atom. The third-order valence-corrected chi connectivity index (χ3v) is 1.74. The van der Waals surface area contributed by atoms with Gasteiger partial charge in [-0.15, -0.1) is 6.42 Å². The lowest BCUT2D eigenvalue weighted by molar-refractivity contribution is -0.111. The van der Waals surface area contributed by atoms with Crippen molar-refractivity contribution in [2.75, 3.05) is 5.32 Å². The first kappa shape index (κ1) is 11.1. The quantitative estimate of drug-likeness (QED) is 0.715.